The average Bonchev–Trinajstić information content (AvgIpc) is 2.66. The lowest BCUT2D eigenvalue weighted by Crippen LogP contribution is -2.64. The van der Waals surface area contributed by atoms with E-state index in [0.717, 1.165) is 57.8 Å². The number of hydrogen-bond donors (Lipinski definition) is 0. The zero-order valence-corrected chi connectivity index (χ0v) is 17.3. The molecular weight excluding hydrogens is 341 g/mol. The summed E-state index contributed by atoms with van der Waals surface area (Å²) in [5.41, 5.74) is 0.288. The van der Waals surface area contributed by atoms with Crippen LogP contribution in [0.5, 0.6) is 0 Å². The maximum atomic E-state index is 16.3. The van der Waals surface area contributed by atoms with Gasteiger partial charge >= 0.3 is 0 Å². The van der Waals surface area contributed by atoms with Gasteiger partial charge in [0.15, 0.2) is 6.29 Å². The van der Waals surface area contributed by atoms with Crippen molar-refractivity contribution in [1.82, 2.24) is 0 Å². The van der Waals surface area contributed by atoms with Crippen molar-refractivity contribution in [2.75, 3.05) is 6.61 Å². The van der Waals surface area contributed by atoms with Gasteiger partial charge in [0.05, 0.1) is 6.07 Å². The first-order valence-electron chi connectivity index (χ1n) is 11.2. The minimum Gasteiger partial charge on any atom is -0.353 e. The first kappa shape index (κ1) is 19.6. The zero-order chi connectivity index (χ0) is 19.3. The number of alkyl halides is 1. The Hall–Kier alpha value is -0.660. The number of ether oxygens (including phenoxy) is 2. The molecule has 5 aliphatic rings. The predicted molar refractivity (Wildman–Crippen MR) is 102 cm³/mol. The van der Waals surface area contributed by atoms with E-state index in [2.05, 4.69) is 19.9 Å². The molecule has 0 aromatic rings. The Kier molecular flexibility index (Phi) is 5.09. The second kappa shape index (κ2) is 6.99. The molecule has 5 atom stereocenters. The lowest BCUT2D eigenvalue weighted by Gasteiger charge is -2.67. The van der Waals surface area contributed by atoms with Gasteiger partial charge in [0, 0.05) is 24.4 Å². The average molecular weight is 378 g/mol. The van der Waals surface area contributed by atoms with Gasteiger partial charge in [-0.1, -0.05) is 20.3 Å². The first-order valence-corrected chi connectivity index (χ1v) is 11.2. The van der Waals surface area contributed by atoms with Gasteiger partial charge in [-0.3, -0.25) is 0 Å². The van der Waals surface area contributed by atoms with E-state index in [1.54, 1.807) is 0 Å². The van der Waals surface area contributed by atoms with Gasteiger partial charge in [-0.25, -0.2) is 4.39 Å². The van der Waals surface area contributed by atoms with Crippen LogP contribution < -0.4 is 0 Å². The van der Waals surface area contributed by atoms with Crippen molar-refractivity contribution in [3.63, 3.8) is 0 Å². The molecule has 4 saturated carbocycles. The summed E-state index contributed by atoms with van der Waals surface area (Å²) in [6, 6.07) is 2.44. The molecule has 1 saturated heterocycles. The number of nitrogens with zero attached hydrogens (tertiary/aromatic N) is 1. The fraction of sp³-hybridized carbons (Fsp3) is 0.957. The molecule has 1 aliphatic heterocycles. The van der Waals surface area contributed by atoms with Crippen molar-refractivity contribution in [2.45, 2.75) is 97.1 Å². The fourth-order valence-corrected chi connectivity index (χ4v) is 7.31. The summed E-state index contributed by atoms with van der Waals surface area (Å²) in [6.45, 7) is 7.37. The molecule has 5 rings (SSSR count). The van der Waals surface area contributed by atoms with Crippen molar-refractivity contribution in [2.24, 2.45) is 34.5 Å². The monoisotopic (exact) mass is 377 g/mol. The van der Waals surface area contributed by atoms with E-state index >= 15 is 4.39 Å². The maximum absolute atomic E-state index is 16.3. The minimum absolute atomic E-state index is 0.00227. The van der Waals surface area contributed by atoms with Gasteiger partial charge in [-0.15, -0.1) is 0 Å². The van der Waals surface area contributed by atoms with Crippen LogP contribution >= 0.6 is 0 Å². The van der Waals surface area contributed by atoms with E-state index in [1.165, 1.54) is 6.42 Å². The number of rotatable bonds is 6. The topological polar surface area (TPSA) is 42.2 Å². The molecular formula is C23H36FNO2. The molecule has 0 amide bonds. The number of hydrogen-bond acceptors (Lipinski definition) is 3. The fourth-order valence-electron chi connectivity index (χ4n) is 7.31. The smallest absolute Gasteiger partial charge is 0.217 e. The molecule has 4 heteroatoms. The zero-order valence-electron chi connectivity index (χ0n) is 17.3. The van der Waals surface area contributed by atoms with E-state index in [9.17, 15) is 5.26 Å². The second-order valence-corrected chi connectivity index (χ2v) is 10.4. The number of nitriles is 1. The van der Waals surface area contributed by atoms with Crippen LogP contribution in [-0.4, -0.2) is 18.8 Å². The molecule has 5 fully saturated rings. The van der Waals surface area contributed by atoms with E-state index in [4.69, 9.17) is 9.47 Å². The van der Waals surface area contributed by atoms with Crippen LogP contribution in [0.15, 0.2) is 0 Å². The van der Waals surface area contributed by atoms with E-state index in [0.29, 0.717) is 12.5 Å². The third kappa shape index (κ3) is 3.14. The lowest BCUT2D eigenvalue weighted by atomic mass is 9.40. The first-order chi connectivity index (χ1) is 12.8. The molecule has 0 aromatic heterocycles. The summed E-state index contributed by atoms with van der Waals surface area (Å²) in [6.07, 6.45) is 9.60. The summed E-state index contributed by atoms with van der Waals surface area (Å²) in [5.74, 6) is -0.816. The Bertz CT molecular complexity index is 580. The summed E-state index contributed by atoms with van der Waals surface area (Å²) in [4.78, 5) is 0. The molecule has 0 spiro atoms. The molecule has 0 aromatic carbocycles. The standard InChI is InChI=1S/C23H36FNO2/c1-4-21(3,11-16(2)15-25)22-12-17-9-18(13-22)23(24,19(10-17)14-22)27-20-7-5-6-8-26-20/h16-20H,4-14H2,1-3H3. The lowest BCUT2D eigenvalue weighted by molar-refractivity contribution is -0.355. The van der Waals surface area contributed by atoms with Gasteiger partial charge in [0.1, 0.15) is 0 Å². The van der Waals surface area contributed by atoms with Crippen molar-refractivity contribution < 1.29 is 13.9 Å². The highest BCUT2D eigenvalue weighted by Crippen LogP contribution is 2.71. The molecule has 0 radical (unpaired) electrons. The highest BCUT2D eigenvalue weighted by Gasteiger charge is 2.67. The molecule has 5 unspecified atom stereocenters. The molecule has 27 heavy (non-hydrogen) atoms. The van der Waals surface area contributed by atoms with Crippen molar-refractivity contribution >= 4 is 0 Å². The van der Waals surface area contributed by atoms with Crippen LogP contribution in [0.4, 0.5) is 4.39 Å². The molecule has 4 aliphatic carbocycles. The molecule has 1 heterocycles. The second-order valence-electron chi connectivity index (χ2n) is 10.4. The highest BCUT2D eigenvalue weighted by molar-refractivity contribution is 5.13. The number of halogens is 1. The Morgan fingerprint density at radius 1 is 1.26 bits per heavy atom. The van der Waals surface area contributed by atoms with Gasteiger partial charge in [0.2, 0.25) is 5.85 Å². The Morgan fingerprint density at radius 2 is 1.96 bits per heavy atom. The predicted octanol–water partition coefficient (Wildman–Crippen LogP) is 5.99. The summed E-state index contributed by atoms with van der Waals surface area (Å²) in [7, 11) is 0. The molecule has 4 bridgehead atoms. The van der Waals surface area contributed by atoms with Crippen LogP contribution in [0.2, 0.25) is 0 Å². The van der Waals surface area contributed by atoms with Crippen LogP contribution in [-0.2, 0) is 9.47 Å². The largest absolute Gasteiger partial charge is 0.353 e. The van der Waals surface area contributed by atoms with Gasteiger partial charge in [-0.2, -0.15) is 5.26 Å². The quantitative estimate of drug-likeness (QED) is 0.571. The van der Waals surface area contributed by atoms with Crippen LogP contribution in [0, 0.1) is 45.8 Å². The Morgan fingerprint density at radius 3 is 2.52 bits per heavy atom. The maximum Gasteiger partial charge on any atom is 0.217 e. The van der Waals surface area contributed by atoms with Crippen LogP contribution in [0.1, 0.15) is 85.0 Å². The van der Waals surface area contributed by atoms with Gasteiger partial charge in [0.25, 0.3) is 0 Å². The van der Waals surface area contributed by atoms with Gasteiger partial charge in [-0.05, 0) is 81.5 Å². The van der Waals surface area contributed by atoms with Crippen molar-refractivity contribution in [3.8, 4) is 6.07 Å². The van der Waals surface area contributed by atoms with Crippen LogP contribution in [0.3, 0.4) is 0 Å². The summed E-state index contributed by atoms with van der Waals surface area (Å²) < 4.78 is 28.1. The molecule has 0 N–H and O–H groups in total. The van der Waals surface area contributed by atoms with Crippen molar-refractivity contribution in [1.29, 1.82) is 5.26 Å². The molecule has 3 nitrogen and oxygen atoms in total. The Labute approximate surface area is 164 Å². The van der Waals surface area contributed by atoms with Crippen molar-refractivity contribution in [3.05, 3.63) is 0 Å². The van der Waals surface area contributed by atoms with E-state index < -0.39 is 5.85 Å². The van der Waals surface area contributed by atoms with Gasteiger partial charge < -0.3 is 9.47 Å². The Balaban J connectivity index is 1.57. The highest BCUT2D eigenvalue weighted by atomic mass is 19.2. The SMILES string of the molecule is CCC(C)(CC(C)C#N)C12CC3CC(C1)C(F)(OC1CCCCO1)C(C3)C2. The third-order valence-corrected chi connectivity index (χ3v) is 8.79. The minimum atomic E-state index is -1.50. The summed E-state index contributed by atoms with van der Waals surface area (Å²) >= 11 is 0. The summed E-state index contributed by atoms with van der Waals surface area (Å²) in [5, 5.41) is 9.40. The third-order valence-electron chi connectivity index (χ3n) is 8.79. The van der Waals surface area contributed by atoms with E-state index in [1.807, 2.05) is 6.92 Å². The molecule has 152 valence electrons. The normalized spacial score (nSPS) is 46.6. The van der Waals surface area contributed by atoms with Crippen LogP contribution in [0.25, 0.3) is 0 Å². The van der Waals surface area contributed by atoms with E-state index in [-0.39, 0.29) is 34.9 Å².